The fourth-order valence-electron chi connectivity index (χ4n) is 4.25. The maximum atomic E-state index is 12.1. The zero-order chi connectivity index (χ0) is 23.9. The van der Waals surface area contributed by atoms with Crippen molar-refractivity contribution in [2.24, 2.45) is 0 Å². The number of fused-ring (bicyclic) bond motifs is 1. The lowest BCUT2D eigenvalue weighted by molar-refractivity contribution is 0.329. The zero-order valence-electron chi connectivity index (χ0n) is 18.7. The third-order valence-electron chi connectivity index (χ3n) is 6.13. The summed E-state index contributed by atoms with van der Waals surface area (Å²) in [5, 5.41) is 3.41. The van der Waals surface area contributed by atoms with E-state index in [4.69, 9.17) is 4.98 Å². The molecule has 2 fully saturated rings. The summed E-state index contributed by atoms with van der Waals surface area (Å²) in [6.07, 6.45) is 7.80. The van der Waals surface area contributed by atoms with Gasteiger partial charge in [-0.2, -0.15) is 4.98 Å². The molecule has 2 saturated heterocycles. The van der Waals surface area contributed by atoms with E-state index in [1.54, 1.807) is 18.6 Å². The Kier molecular flexibility index (Phi) is 5.90. The van der Waals surface area contributed by atoms with Crippen LogP contribution in [0.2, 0.25) is 0 Å². The van der Waals surface area contributed by atoms with Crippen molar-refractivity contribution in [2.45, 2.75) is 18.9 Å². The number of anilines is 2. The van der Waals surface area contributed by atoms with Crippen LogP contribution in [0.3, 0.4) is 0 Å². The largest absolute Gasteiger partial charge is 0.365 e. The number of rotatable bonds is 5. The predicted molar refractivity (Wildman–Crippen MR) is 129 cm³/mol. The van der Waals surface area contributed by atoms with E-state index in [-0.39, 0.29) is 17.5 Å². The highest BCUT2D eigenvalue weighted by molar-refractivity contribution is 7.91. The number of sulfone groups is 1. The monoisotopic (exact) mass is 506 g/mol. The van der Waals surface area contributed by atoms with E-state index in [1.807, 2.05) is 11.0 Å². The Labute approximate surface area is 197 Å². The molecule has 2 aliphatic heterocycles. The number of piperidine rings is 1. The fourth-order valence-corrected chi connectivity index (χ4v) is 6.36. The summed E-state index contributed by atoms with van der Waals surface area (Å²) in [5.74, 6) is 1.06. The van der Waals surface area contributed by atoms with E-state index in [2.05, 4.69) is 25.3 Å². The van der Waals surface area contributed by atoms with Crippen LogP contribution in [0.4, 0.5) is 11.8 Å². The predicted octanol–water partition coefficient (Wildman–Crippen LogP) is 0.486. The Morgan fingerprint density at radius 2 is 1.91 bits per heavy atom. The normalized spacial score (nSPS) is 21.6. The van der Waals surface area contributed by atoms with Crippen molar-refractivity contribution < 1.29 is 16.8 Å². The number of aromatic amines is 1. The number of hydrogen-bond acceptors (Lipinski definition) is 10. The molecule has 0 amide bonds. The molecule has 0 bridgehead atoms. The molecule has 1 atom stereocenters. The summed E-state index contributed by atoms with van der Waals surface area (Å²) in [6, 6.07) is 1.68. The highest BCUT2D eigenvalue weighted by atomic mass is 32.2. The lowest BCUT2D eigenvalue weighted by Gasteiger charge is -2.32. The molecule has 12 nitrogen and oxygen atoms in total. The molecule has 2 aliphatic rings. The van der Waals surface area contributed by atoms with Crippen LogP contribution < -0.4 is 10.2 Å². The summed E-state index contributed by atoms with van der Waals surface area (Å²) >= 11 is 0. The second kappa shape index (κ2) is 8.74. The van der Waals surface area contributed by atoms with Crippen LogP contribution in [0.1, 0.15) is 12.8 Å². The Hall–Kier alpha value is -2.84. The minimum atomic E-state index is -3.30. The molecule has 14 heteroatoms. The highest BCUT2D eigenvalue weighted by Gasteiger charge is 2.28. The molecule has 0 spiro atoms. The Balaban J connectivity index is 1.49. The van der Waals surface area contributed by atoms with Gasteiger partial charge in [0.1, 0.15) is 11.3 Å². The van der Waals surface area contributed by atoms with Crippen molar-refractivity contribution in [3.63, 3.8) is 0 Å². The second-order valence-electron chi connectivity index (χ2n) is 8.64. The van der Waals surface area contributed by atoms with Gasteiger partial charge >= 0.3 is 0 Å². The van der Waals surface area contributed by atoms with E-state index >= 15 is 0 Å². The molecule has 182 valence electrons. The lowest BCUT2D eigenvalue weighted by Crippen LogP contribution is -2.45. The third-order valence-corrected chi connectivity index (χ3v) is 9.01. The number of hydrogen-bond donors (Lipinski definition) is 2. The number of nitrogens with zero attached hydrogens (tertiary/aromatic N) is 6. The van der Waals surface area contributed by atoms with Gasteiger partial charge in [0, 0.05) is 44.6 Å². The minimum absolute atomic E-state index is 0.0580. The van der Waals surface area contributed by atoms with E-state index in [9.17, 15) is 16.8 Å². The number of sulfonamides is 1. The van der Waals surface area contributed by atoms with Gasteiger partial charge < -0.3 is 15.2 Å². The molecule has 0 aliphatic carbocycles. The van der Waals surface area contributed by atoms with Crippen LogP contribution in [0, 0.1) is 0 Å². The first-order valence-electron chi connectivity index (χ1n) is 11.0. The molecular formula is C20H26N8O4S2. The highest BCUT2D eigenvalue weighted by Crippen LogP contribution is 2.29. The number of nitrogens with one attached hydrogen (secondary N) is 2. The van der Waals surface area contributed by atoms with E-state index in [1.165, 1.54) is 10.6 Å². The van der Waals surface area contributed by atoms with Gasteiger partial charge in [-0.25, -0.2) is 36.1 Å². The minimum Gasteiger partial charge on any atom is -0.365 e. The average Bonchev–Trinajstić information content (AvgIpc) is 3.27. The summed E-state index contributed by atoms with van der Waals surface area (Å²) < 4.78 is 49.3. The van der Waals surface area contributed by atoms with Gasteiger partial charge in [-0.1, -0.05) is 0 Å². The Morgan fingerprint density at radius 1 is 1.12 bits per heavy atom. The molecule has 0 saturated carbocycles. The van der Waals surface area contributed by atoms with Gasteiger partial charge in [0.15, 0.2) is 15.5 Å². The quantitative estimate of drug-likeness (QED) is 0.499. The van der Waals surface area contributed by atoms with Gasteiger partial charge in [0.05, 0.1) is 35.2 Å². The Bertz CT molecular complexity index is 1410. The zero-order valence-corrected chi connectivity index (χ0v) is 20.3. The molecule has 5 rings (SSSR count). The average molecular weight is 507 g/mol. The van der Waals surface area contributed by atoms with Crippen molar-refractivity contribution in [2.75, 3.05) is 54.2 Å². The summed E-state index contributed by atoms with van der Waals surface area (Å²) in [5.41, 5.74) is 2.59. The van der Waals surface area contributed by atoms with Gasteiger partial charge in [-0.3, -0.25) is 0 Å². The van der Waals surface area contributed by atoms with Crippen LogP contribution >= 0.6 is 0 Å². The topological polar surface area (TPSA) is 154 Å². The lowest BCUT2D eigenvalue weighted by atomic mass is 10.1. The number of aromatic nitrogens is 5. The van der Waals surface area contributed by atoms with Crippen LogP contribution in [-0.4, -0.2) is 96.0 Å². The molecule has 3 aromatic heterocycles. The van der Waals surface area contributed by atoms with Crippen molar-refractivity contribution in [1.82, 2.24) is 29.2 Å². The molecule has 0 unspecified atom stereocenters. The van der Waals surface area contributed by atoms with Gasteiger partial charge in [0.2, 0.25) is 16.0 Å². The molecule has 0 aromatic carbocycles. The van der Waals surface area contributed by atoms with Crippen LogP contribution in [0.5, 0.6) is 0 Å². The standard InChI is InChI=1S/C20H26N8O4S2/c1-33(29,30)28-6-2-3-14(13-28)24-18-15(17-12-22-19-16(25-17)4-5-21-19)11-23-20(26-18)27-7-9-34(31,32)10-8-27/h4-5,11-12,14H,2-3,6-10,13H2,1H3,(H,21,22)(H,23,24,26)/t14-/m0/s1. The van der Waals surface area contributed by atoms with Crippen LogP contribution in [-0.2, 0) is 19.9 Å². The molecule has 2 N–H and O–H groups in total. The number of H-pyrrole nitrogens is 1. The fraction of sp³-hybridized carbons (Fsp3) is 0.500. The first-order valence-corrected chi connectivity index (χ1v) is 14.7. The van der Waals surface area contributed by atoms with Crippen molar-refractivity contribution in [3.05, 3.63) is 24.7 Å². The molecule has 5 heterocycles. The van der Waals surface area contributed by atoms with Crippen molar-refractivity contribution in [3.8, 4) is 11.3 Å². The first-order chi connectivity index (χ1) is 16.2. The van der Waals surface area contributed by atoms with Gasteiger partial charge in [-0.15, -0.1) is 0 Å². The van der Waals surface area contributed by atoms with Gasteiger partial charge in [0.25, 0.3) is 0 Å². The summed E-state index contributed by atoms with van der Waals surface area (Å²) in [4.78, 5) is 23.2. The van der Waals surface area contributed by atoms with Crippen molar-refractivity contribution in [1.29, 1.82) is 0 Å². The second-order valence-corrected chi connectivity index (χ2v) is 12.9. The van der Waals surface area contributed by atoms with E-state index < -0.39 is 19.9 Å². The maximum Gasteiger partial charge on any atom is 0.227 e. The van der Waals surface area contributed by atoms with Gasteiger partial charge in [-0.05, 0) is 18.9 Å². The summed E-state index contributed by atoms with van der Waals surface area (Å²) in [6.45, 7) is 1.47. The Morgan fingerprint density at radius 3 is 2.68 bits per heavy atom. The van der Waals surface area contributed by atoms with Crippen LogP contribution in [0.25, 0.3) is 22.4 Å². The maximum absolute atomic E-state index is 12.1. The summed E-state index contributed by atoms with van der Waals surface area (Å²) in [7, 11) is -6.34. The molecule has 0 radical (unpaired) electrons. The van der Waals surface area contributed by atoms with E-state index in [0.717, 1.165) is 12.8 Å². The molecule has 3 aromatic rings. The third kappa shape index (κ3) is 4.83. The van der Waals surface area contributed by atoms with Crippen LogP contribution in [0.15, 0.2) is 24.7 Å². The molecular weight excluding hydrogens is 480 g/mol. The smallest absolute Gasteiger partial charge is 0.227 e. The van der Waals surface area contributed by atoms with Crippen molar-refractivity contribution >= 4 is 42.8 Å². The van der Waals surface area contributed by atoms with E-state index in [0.29, 0.717) is 60.4 Å². The first kappa shape index (κ1) is 22.9. The SMILES string of the molecule is CS(=O)(=O)N1CCC[C@H](Nc2nc(N3CCS(=O)(=O)CC3)ncc2-c2cnc3[nH]ccc3n2)C1. The molecule has 34 heavy (non-hydrogen) atoms.